The summed E-state index contributed by atoms with van der Waals surface area (Å²) in [5.41, 5.74) is 8.79. The Bertz CT molecular complexity index is 490. The summed E-state index contributed by atoms with van der Waals surface area (Å²) >= 11 is 0. The lowest BCUT2D eigenvalue weighted by Crippen LogP contribution is -2.58. The normalized spacial score (nSPS) is 31.2. The van der Waals surface area contributed by atoms with Gasteiger partial charge in [-0.15, -0.1) is 0 Å². The molecule has 0 aromatic heterocycles. The molecule has 2 nitrogen and oxygen atoms in total. The summed E-state index contributed by atoms with van der Waals surface area (Å²) in [5.74, 6) is 0.638. The SMILES string of the molecule is NC(C1CCOC2(CCC2)C1)C1(c2ccccc2)CCC1. The van der Waals surface area contributed by atoms with Crippen LogP contribution in [0.5, 0.6) is 0 Å². The molecule has 2 N–H and O–H groups in total. The maximum atomic E-state index is 6.87. The average Bonchev–Trinajstić information content (AvgIpc) is 2.46. The smallest absolute Gasteiger partial charge is 0.0685 e. The molecule has 1 aliphatic heterocycles. The summed E-state index contributed by atoms with van der Waals surface area (Å²) in [6.07, 6.45) is 10.1. The molecule has 0 radical (unpaired) electrons. The van der Waals surface area contributed by atoms with Gasteiger partial charge in [-0.25, -0.2) is 0 Å². The number of benzene rings is 1. The number of rotatable bonds is 3. The van der Waals surface area contributed by atoms with E-state index in [4.69, 9.17) is 10.5 Å². The van der Waals surface area contributed by atoms with Gasteiger partial charge in [0, 0.05) is 18.1 Å². The third-order valence-corrected chi connectivity index (χ3v) is 6.54. The second-order valence-electron chi connectivity index (χ2n) is 7.54. The van der Waals surface area contributed by atoms with Gasteiger partial charge in [0.25, 0.3) is 0 Å². The molecule has 2 atom stereocenters. The number of hydrogen-bond acceptors (Lipinski definition) is 2. The zero-order valence-corrected chi connectivity index (χ0v) is 12.9. The van der Waals surface area contributed by atoms with E-state index in [0.29, 0.717) is 12.0 Å². The van der Waals surface area contributed by atoms with Crippen LogP contribution in [0.15, 0.2) is 30.3 Å². The second kappa shape index (κ2) is 5.10. The van der Waals surface area contributed by atoms with Crippen LogP contribution in [-0.2, 0) is 10.2 Å². The molecule has 1 heterocycles. The molecule has 4 rings (SSSR count). The van der Waals surface area contributed by atoms with E-state index in [-0.39, 0.29) is 11.0 Å². The monoisotopic (exact) mass is 285 g/mol. The van der Waals surface area contributed by atoms with Gasteiger partial charge >= 0.3 is 0 Å². The van der Waals surface area contributed by atoms with E-state index in [1.807, 2.05) is 0 Å². The average molecular weight is 285 g/mol. The minimum atomic E-state index is 0.210. The Morgan fingerprint density at radius 2 is 1.76 bits per heavy atom. The molecule has 1 aromatic carbocycles. The van der Waals surface area contributed by atoms with Gasteiger partial charge in [0.1, 0.15) is 0 Å². The van der Waals surface area contributed by atoms with Gasteiger partial charge in [-0.05, 0) is 56.4 Å². The first kappa shape index (κ1) is 13.8. The van der Waals surface area contributed by atoms with Crippen LogP contribution in [0.4, 0.5) is 0 Å². The molecule has 1 spiro atoms. The van der Waals surface area contributed by atoms with E-state index >= 15 is 0 Å². The Balaban J connectivity index is 1.56. The van der Waals surface area contributed by atoms with E-state index in [9.17, 15) is 0 Å². The molecule has 2 aliphatic carbocycles. The van der Waals surface area contributed by atoms with Gasteiger partial charge in [-0.2, -0.15) is 0 Å². The van der Waals surface area contributed by atoms with Crippen molar-refractivity contribution in [3.05, 3.63) is 35.9 Å². The van der Waals surface area contributed by atoms with Gasteiger partial charge in [-0.3, -0.25) is 0 Å². The highest BCUT2D eigenvalue weighted by Crippen LogP contribution is 2.52. The minimum absolute atomic E-state index is 0.210. The van der Waals surface area contributed by atoms with E-state index in [2.05, 4.69) is 30.3 Å². The fraction of sp³-hybridized carbons (Fsp3) is 0.684. The van der Waals surface area contributed by atoms with Crippen LogP contribution in [0, 0.1) is 5.92 Å². The molecule has 2 unspecified atom stereocenters. The predicted octanol–water partition coefficient (Wildman–Crippen LogP) is 3.78. The Morgan fingerprint density at radius 3 is 2.33 bits per heavy atom. The summed E-state index contributed by atoms with van der Waals surface area (Å²) in [4.78, 5) is 0. The summed E-state index contributed by atoms with van der Waals surface area (Å²) in [7, 11) is 0. The van der Waals surface area contributed by atoms with Crippen LogP contribution in [0.2, 0.25) is 0 Å². The highest BCUT2D eigenvalue weighted by atomic mass is 16.5. The van der Waals surface area contributed by atoms with Crippen molar-refractivity contribution < 1.29 is 4.74 Å². The maximum Gasteiger partial charge on any atom is 0.0685 e. The highest BCUT2D eigenvalue weighted by molar-refractivity contribution is 5.31. The highest BCUT2D eigenvalue weighted by Gasteiger charge is 2.50. The Hall–Kier alpha value is -0.860. The number of ether oxygens (including phenoxy) is 1. The van der Waals surface area contributed by atoms with Crippen molar-refractivity contribution in [1.29, 1.82) is 0 Å². The Labute approximate surface area is 128 Å². The van der Waals surface area contributed by atoms with E-state index < -0.39 is 0 Å². The first-order valence-corrected chi connectivity index (χ1v) is 8.69. The molecule has 1 saturated heterocycles. The molecule has 114 valence electrons. The molecular formula is C19H27NO. The van der Waals surface area contributed by atoms with Gasteiger partial charge in [-0.1, -0.05) is 36.8 Å². The van der Waals surface area contributed by atoms with E-state index in [1.165, 1.54) is 50.5 Å². The second-order valence-corrected chi connectivity index (χ2v) is 7.54. The van der Waals surface area contributed by atoms with Crippen LogP contribution in [0.25, 0.3) is 0 Å². The maximum absolute atomic E-state index is 6.87. The molecule has 0 bridgehead atoms. The van der Waals surface area contributed by atoms with Gasteiger partial charge in [0.15, 0.2) is 0 Å². The predicted molar refractivity (Wildman–Crippen MR) is 85.2 cm³/mol. The van der Waals surface area contributed by atoms with Gasteiger partial charge in [0.05, 0.1) is 5.60 Å². The largest absolute Gasteiger partial charge is 0.375 e. The third-order valence-electron chi connectivity index (χ3n) is 6.54. The van der Waals surface area contributed by atoms with Crippen molar-refractivity contribution in [1.82, 2.24) is 0 Å². The van der Waals surface area contributed by atoms with Crippen LogP contribution in [0.1, 0.15) is 56.9 Å². The summed E-state index contributed by atoms with van der Waals surface area (Å²) < 4.78 is 6.10. The van der Waals surface area contributed by atoms with Gasteiger partial charge in [0.2, 0.25) is 0 Å². The lowest BCUT2D eigenvalue weighted by Gasteiger charge is -2.54. The number of nitrogens with two attached hydrogens (primary N) is 1. The molecule has 21 heavy (non-hydrogen) atoms. The van der Waals surface area contributed by atoms with Crippen molar-refractivity contribution in [3.63, 3.8) is 0 Å². The fourth-order valence-corrected chi connectivity index (χ4v) is 4.89. The fourth-order valence-electron chi connectivity index (χ4n) is 4.89. The third kappa shape index (κ3) is 2.15. The van der Waals surface area contributed by atoms with Crippen molar-refractivity contribution in [3.8, 4) is 0 Å². The van der Waals surface area contributed by atoms with Crippen LogP contribution < -0.4 is 5.73 Å². The summed E-state index contributed by atoms with van der Waals surface area (Å²) in [6.45, 7) is 0.920. The molecule has 0 amide bonds. The van der Waals surface area contributed by atoms with Gasteiger partial charge < -0.3 is 10.5 Å². The zero-order valence-electron chi connectivity index (χ0n) is 12.9. The van der Waals surface area contributed by atoms with Crippen molar-refractivity contribution in [2.45, 2.75) is 68.4 Å². The topological polar surface area (TPSA) is 35.2 Å². The summed E-state index contributed by atoms with van der Waals surface area (Å²) in [5, 5.41) is 0. The van der Waals surface area contributed by atoms with E-state index in [1.54, 1.807) is 0 Å². The molecular weight excluding hydrogens is 258 g/mol. The Kier molecular flexibility index (Phi) is 3.35. The molecule has 2 saturated carbocycles. The lowest BCUT2D eigenvalue weighted by atomic mass is 9.55. The first-order chi connectivity index (χ1) is 10.2. The van der Waals surface area contributed by atoms with Crippen LogP contribution in [0.3, 0.4) is 0 Å². The minimum Gasteiger partial charge on any atom is -0.375 e. The first-order valence-electron chi connectivity index (χ1n) is 8.69. The number of hydrogen-bond donors (Lipinski definition) is 1. The van der Waals surface area contributed by atoms with Crippen molar-refractivity contribution in [2.24, 2.45) is 11.7 Å². The van der Waals surface area contributed by atoms with Crippen LogP contribution >= 0.6 is 0 Å². The molecule has 3 fully saturated rings. The lowest BCUT2D eigenvalue weighted by molar-refractivity contribution is -0.149. The van der Waals surface area contributed by atoms with Crippen molar-refractivity contribution >= 4 is 0 Å². The molecule has 2 heteroatoms. The molecule has 3 aliphatic rings. The molecule has 1 aromatic rings. The quantitative estimate of drug-likeness (QED) is 0.917. The standard InChI is InChI=1S/C19H27NO/c20-17(15-8-13-21-18(14-15)9-4-10-18)19(11-5-12-19)16-6-2-1-3-7-16/h1-3,6-7,15,17H,4-5,8-14,20H2. The Morgan fingerprint density at radius 1 is 1.05 bits per heavy atom. The zero-order chi connectivity index (χ0) is 14.3. The van der Waals surface area contributed by atoms with Crippen molar-refractivity contribution in [2.75, 3.05) is 6.61 Å². The summed E-state index contributed by atoms with van der Waals surface area (Å²) in [6, 6.07) is 11.3. The van der Waals surface area contributed by atoms with Crippen LogP contribution in [-0.4, -0.2) is 18.2 Å². The van der Waals surface area contributed by atoms with E-state index in [0.717, 1.165) is 13.0 Å².